The van der Waals surface area contributed by atoms with Gasteiger partial charge in [-0.2, -0.15) is 0 Å². The normalized spacial score (nSPS) is 53.8. The molecule has 1 amide bonds. The van der Waals surface area contributed by atoms with Gasteiger partial charge in [0, 0.05) is 19.5 Å². The van der Waals surface area contributed by atoms with Crippen LogP contribution < -0.4 is 0 Å². The van der Waals surface area contributed by atoms with E-state index in [2.05, 4.69) is 54.5 Å². The molecule has 4 fully saturated rings. The Morgan fingerprint density at radius 3 is 2.14 bits per heavy atom. The van der Waals surface area contributed by atoms with E-state index in [1.807, 2.05) is 14.1 Å². The van der Waals surface area contributed by atoms with Gasteiger partial charge >= 0.3 is 0 Å². The first-order valence-electron chi connectivity index (χ1n) is 14.8. The second-order valence-corrected chi connectivity index (χ2v) is 16.0. The first-order chi connectivity index (χ1) is 16.5. The highest BCUT2D eigenvalue weighted by Gasteiger charge is 2.70. The summed E-state index contributed by atoms with van der Waals surface area (Å²) in [6.45, 7) is 16.7. The summed E-state index contributed by atoms with van der Waals surface area (Å²) in [7, 11) is 3.68. The molecule has 2 N–H and O–H groups in total. The summed E-state index contributed by atoms with van der Waals surface area (Å²) >= 11 is 0. The lowest BCUT2D eigenvalue weighted by atomic mass is 9.33. The van der Waals surface area contributed by atoms with Crippen LogP contribution in [0.5, 0.6) is 0 Å². The van der Waals surface area contributed by atoms with Crippen LogP contribution in [0, 0.1) is 50.2 Å². The lowest BCUT2D eigenvalue weighted by Crippen LogP contribution is -2.67. The Hall–Kier alpha value is -0.870. The maximum atomic E-state index is 13.6. The quantitative estimate of drug-likeness (QED) is 0.422. The standard InChI is InChI=1S/C32H53NO3/c1-27(2)18-21-20-10-11-22-29(4)14-13-24(34)32(7,26(36)33(8)9)23(29)12-15-31(22,6)30(20,5)17-16-28(21,3)25(35)19-27/h10,21-25,34-35H,11-19H2,1-9H3. The molecule has 5 rings (SSSR count). The number of aliphatic hydroxyl groups excluding tert-OH is 2. The maximum absolute atomic E-state index is 13.6. The van der Waals surface area contributed by atoms with Gasteiger partial charge in [-0.15, -0.1) is 0 Å². The van der Waals surface area contributed by atoms with Crippen LogP contribution >= 0.6 is 0 Å². The van der Waals surface area contributed by atoms with Gasteiger partial charge in [-0.05, 0) is 104 Å². The molecule has 10 unspecified atom stereocenters. The zero-order valence-corrected chi connectivity index (χ0v) is 24.6. The summed E-state index contributed by atoms with van der Waals surface area (Å²) in [5.41, 5.74) is 1.40. The number of carbonyl (C=O) groups excluding carboxylic acids is 1. The van der Waals surface area contributed by atoms with Crippen LogP contribution in [0.3, 0.4) is 0 Å². The molecule has 10 atom stereocenters. The summed E-state index contributed by atoms with van der Waals surface area (Å²) in [6.07, 6.45) is 11.1. The van der Waals surface area contributed by atoms with E-state index in [9.17, 15) is 15.0 Å². The van der Waals surface area contributed by atoms with E-state index in [1.54, 1.807) is 10.5 Å². The molecule has 5 aliphatic carbocycles. The molecule has 4 saturated carbocycles. The van der Waals surface area contributed by atoms with Gasteiger partial charge in [-0.1, -0.05) is 53.2 Å². The van der Waals surface area contributed by atoms with E-state index < -0.39 is 11.5 Å². The van der Waals surface area contributed by atoms with Crippen molar-refractivity contribution in [2.45, 2.75) is 118 Å². The molecule has 0 spiro atoms. The van der Waals surface area contributed by atoms with Gasteiger partial charge < -0.3 is 15.1 Å². The number of aliphatic hydroxyl groups is 2. The Labute approximate surface area is 220 Å². The molecule has 4 heteroatoms. The average molecular weight is 500 g/mol. The third kappa shape index (κ3) is 3.15. The second kappa shape index (κ2) is 7.84. The molecule has 0 heterocycles. The Morgan fingerprint density at radius 1 is 0.833 bits per heavy atom. The van der Waals surface area contributed by atoms with E-state index >= 15 is 0 Å². The van der Waals surface area contributed by atoms with E-state index in [0.29, 0.717) is 18.3 Å². The fourth-order valence-corrected chi connectivity index (χ4v) is 11.1. The largest absolute Gasteiger partial charge is 0.393 e. The van der Waals surface area contributed by atoms with Crippen molar-refractivity contribution >= 4 is 5.91 Å². The lowest BCUT2D eigenvalue weighted by molar-refractivity contribution is -0.215. The third-order valence-electron chi connectivity index (χ3n) is 13.6. The van der Waals surface area contributed by atoms with Gasteiger partial charge in [0.15, 0.2) is 0 Å². The van der Waals surface area contributed by atoms with Crippen LogP contribution in [0.4, 0.5) is 0 Å². The first kappa shape index (κ1) is 26.7. The van der Waals surface area contributed by atoms with E-state index in [1.165, 1.54) is 6.42 Å². The number of nitrogens with zero attached hydrogens (tertiary/aromatic N) is 1. The summed E-state index contributed by atoms with van der Waals surface area (Å²) in [4.78, 5) is 15.3. The summed E-state index contributed by atoms with van der Waals surface area (Å²) in [5.74, 6) is 1.25. The van der Waals surface area contributed by atoms with Crippen molar-refractivity contribution in [3.05, 3.63) is 11.6 Å². The van der Waals surface area contributed by atoms with Crippen LogP contribution in [-0.4, -0.2) is 47.3 Å². The number of carbonyl (C=O) groups is 1. The van der Waals surface area contributed by atoms with Crippen molar-refractivity contribution in [1.82, 2.24) is 4.90 Å². The van der Waals surface area contributed by atoms with Crippen LogP contribution in [0.15, 0.2) is 11.6 Å². The number of allylic oxidation sites excluding steroid dienone is 2. The number of fused-ring (bicyclic) bond motifs is 7. The van der Waals surface area contributed by atoms with Crippen molar-refractivity contribution in [3.8, 4) is 0 Å². The zero-order chi connectivity index (χ0) is 26.7. The van der Waals surface area contributed by atoms with Crippen molar-refractivity contribution < 1.29 is 15.0 Å². The SMILES string of the molecule is CN(C)C(=O)C1(C)C(O)CCC2(C)C1CCC1(C)C2CC=C2C3CC(C)(C)CC(O)C3(C)CCC21C. The van der Waals surface area contributed by atoms with Gasteiger partial charge in [0.1, 0.15) is 0 Å². The topological polar surface area (TPSA) is 60.8 Å². The highest BCUT2D eigenvalue weighted by atomic mass is 16.3. The molecule has 5 aliphatic rings. The average Bonchev–Trinajstić information content (AvgIpc) is 2.78. The van der Waals surface area contributed by atoms with Crippen LogP contribution in [0.2, 0.25) is 0 Å². The smallest absolute Gasteiger partial charge is 0.230 e. The third-order valence-corrected chi connectivity index (χ3v) is 13.6. The predicted molar refractivity (Wildman–Crippen MR) is 145 cm³/mol. The number of hydrogen-bond donors (Lipinski definition) is 2. The van der Waals surface area contributed by atoms with E-state index in [4.69, 9.17) is 0 Å². The molecule has 0 aliphatic heterocycles. The lowest BCUT2D eigenvalue weighted by Gasteiger charge is -2.71. The highest BCUT2D eigenvalue weighted by molar-refractivity contribution is 5.83. The van der Waals surface area contributed by atoms with Crippen molar-refractivity contribution in [3.63, 3.8) is 0 Å². The molecule has 4 nitrogen and oxygen atoms in total. The molecule has 0 radical (unpaired) electrons. The molecule has 0 bridgehead atoms. The number of hydrogen-bond acceptors (Lipinski definition) is 3. The van der Waals surface area contributed by atoms with Crippen LogP contribution in [-0.2, 0) is 4.79 Å². The summed E-state index contributed by atoms with van der Waals surface area (Å²) < 4.78 is 0. The van der Waals surface area contributed by atoms with E-state index in [0.717, 1.165) is 44.9 Å². The maximum Gasteiger partial charge on any atom is 0.230 e. The molecule has 0 aromatic carbocycles. The van der Waals surface area contributed by atoms with Gasteiger partial charge in [0.05, 0.1) is 17.6 Å². The van der Waals surface area contributed by atoms with Crippen molar-refractivity contribution in [2.24, 2.45) is 50.2 Å². The summed E-state index contributed by atoms with van der Waals surface area (Å²) in [5, 5.41) is 22.6. The molecular weight excluding hydrogens is 446 g/mol. The molecule has 0 saturated heterocycles. The highest BCUT2D eigenvalue weighted by Crippen LogP contribution is 2.75. The zero-order valence-electron chi connectivity index (χ0n) is 24.6. The molecule has 0 aromatic rings. The Bertz CT molecular complexity index is 970. The molecular formula is C32H53NO3. The van der Waals surface area contributed by atoms with Gasteiger partial charge in [0.25, 0.3) is 0 Å². The molecule has 0 aromatic heterocycles. The fourth-order valence-electron chi connectivity index (χ4n) is 11.1. The Balaban J connectivity index is 1.58. The van der Waals surface area contributed by atoms with Gasteiger partial charge in [0.2, 0.25) is 5.91 Å². The number of amides is 1. The second-order valence-electron chi connectivity index (χ2n) is 16.0. The minimum absolute atomic E-state index is 0.0170. The molecule has 36 heavy (non-hydrogen) atoms. The molecule has 204 valence electrons. The van der Waals surface area contributed by atoms with Crippen LogP contribution in [0.1, 0.15) is 106 Å². The van der Waals surface area contributed by atoms with Gasteiger partial charge in [-0.25, -0.2) is 0 Å². The number of rotatable bonds is 1. The van der Waals surface area contributed by atoms with Crippen LogP contribution in [0.25, 0.3) is 0 Å². The first-order valence-corrected chi connectivity index (χ1v) is 14.8. The Kier molecular flexibility index (Phi) is 5.82. The monoisotopic (exact) mass is 499 g/mol. The fraction of sp³-hybridized carbons (Fsp3) is 0.906. The predicted octanol–water partition coefficient (Wildman–Crippen LogP) is 6.21. The minimum atomic E-state index is -0.717. The van der Waals surface area contributed by atoms with E-state index in [-0.39, 0.29) is 45.0 Å². The van der Waals surface area contributed by atoms with Gasteiger partial charge in [-0.3, -0.25) is 4.79 Å². The Morgan fingerprint density at radius 2 is 1.50 bits per heavy atom. The van der Waals surface area contributed by atoms with Crippen molar-refractivity contribution in [2.75, 3.05) is 14.1 Å². The minimum Gasteiger partial charge on any atom is -0.393 e. The van der Waals surface area contributed by atoms with Crippen molar-refractivity contribution in [1.29, 1.82) is 0 Å². The summed E-state index contributed by atoms with van der Waals surface area (Å²) in [6, 6.07) is 0.